The van der Waals surface area contributed by atoms with Gasteiger partial charge in [0.15, 0.2) is 5.82 Å². The molecule has 2 atom stereocenters. The molecule has 4 fully saturated rings. The Bertz CT molecular complexity index is 1660. The summed E-state index contributed by atoms with van der Waals surface area (Å²) >= 11 is 0. The number of aromatic hydroxyl groups is 1. The highest BCUT2D eigenvalue weighted by Crippen LogP contribution is 2.41. The van der Waals surface area contributed by atoms with E-state index in [0.29, 0.717) is 35.3 Å². The molecule has 0 amide bonds. The summed E-state index contributed by atoms with van der Waals surface area (Å²) in [5.41, 5.74) is 0.612. The average molecular weight is 558 g/mol. The number of hydrogen-bond acceptors (Lipinski definition) is 7. The molecule has 0 saturated carbocycles. The van der Waals surface area contributed by atoms with Gasteiger partial charge in [0.1, 0.15) is 29.5 Å². The minimum Gasteiger partial charge on any atom is -0.508 e. The van der Waals surface area contributed by atoms with Gasteiger partial charge in [-0.15, -0.1) is 0 Å². The summed E-state index contributed by atoms with van der Waals surface area (Å²) in [6, 6.07) is 11.9. The lowest BCUT2D eigenvalue weighted by Gasteiger charge is -2.34. The number of nitrogens with zero attached hydrogens (tertiary/aromatic N) is 4. The second kappa shape index (κ2) is 9.49. The van der Waals surface area contributed by atoms with Crippen LogP contribution in [0.5, 0.6) is 11.8 Å². The summed E-state index contributed by atoms with van der Waals surface area (Å²) in [6.45, 7) is 4.22. The number of aromatic nitrogens is 2. The molecule has 2 N–H and O–H groups in total. The van der Waals surface area contributed by atoms with Crippen LogP contribution in [0.2, 0.25) is 0 Å². The summed E-state index contributed by atoms with van der Waals surface area (Å²) in [6.07, 6.45) is 6.71. The van der Waals surface area contributed by atoms with E-state index in [1.807, 2.05) is 6.07 Å². The molecular weight excluding hydrogens is 524 g/mol. The van der Waals surface area contributed by atoms with Gasteiger partial charge in [0.25, 0.3) is 0 Å². The minimum absolute atomic E-state index is 0.00499. The Morgan fingerprint density at radius 3 is 2.54 bits per heavy atom. The molecule has 4 saturated heterocycles. The van der Waals surface area contributed by atoms with Gasteiger partial charge in [0.2, 0.25) is 0 Å². The molecule has 3 aromatic carbocycles. The van der Waals surface area contributed by atoms with Gasteiger partial charge in [-0.3, -0.25) is 4.90 Å². The Hall–Kier alpha value is -3.56. The van der Waals surface area contributed by atoms with E-state index >= 15 is 8.78 Å². The van der Waals surface area contributed by atoms with Gasteiger partial charge in [-0.05, 0) is 86.8 Å². The number of hydrogen-bond donors (Lipinski definition) is 2. The van der Waals surface area contributed by atoms with Crippen molar-refractivity contribution in [2.45, 2.75) is 56.1 Å². The quantitative estimate of drug-likeness (QED) is 0.341. The molecule has 8 rings (SSSR count). The zero-order valence-corrected chi connectivity index (χ0v) is 22.9. The van der Waals surface area contributed by atoms with Crippen molar-refractivity contribution in [2.24, 2.45) is 0 Å². The maximum absolute atomic E-state index is 16.6. The van der Waals surface area contributed by atoms with Crippen LogP contribution in [0.1, 0.15) is 38.5 Å². The van der Waals surface area contributed by atoms with E-state index < -0.39 is 11.6 Å². The van der Waals surface area contributed by atoms with Crippen molar-refractivity contribution < 1.29 is 18.6 Å². The van der Waals surface area contributed by atoms with Crippen LogP contribution in [0.25, 0.3) is 32.8 Å². The van der Waals surface area contributed by atoms with Crippen molar-refractivity contribution in [3.8, 4) is 22.9 Å². The lowest BCUT2D eigenvalue weighted by molar-refractivity contribution is 0.108. The van der Waals surface area contributed by atoms with Crippen LogP contribution in [-0.2, 0) is 0 Å². The normalized spacial score (nSPS) is 23.5. The number of rotatable bonds is 5. The molecular formula is C32H33F2N5O2. The number of halogens is 2. The van der Waals surface area contributed by atoms with E-state index in [9.17, 15) is 5.11 Å². The van der Waals surface area contributed by atoms with Crippen LogP contribution in [-0.4, -0.2) is 70.4 Å². The molecule has 212 valence electrons. The fraction of sp³-hybridized carbons (Fsp3) is 0.438. The third kappa shape index (κ3) is 4.12. The predicted molar refractivity (Wildman–Crippen MR) is 154 cm³/mol. The molecule has 41 heavy (non-hydrogen) atoms. The van der Waals surface area contributed by atoms with Gasteiger partial charge < -0.3 is 20.1 Å². The molecule has 4 aliphatic heterocycles. The first-order valence-electron chi connectivity index (χ1n) is 14.8. The van der Waals surface area contributed by atoms with Gasteiger partial charge in [-0.2, -0.15) is 9.97 Å². The third-order valence-corrected chi connectivity index (χ3v) is 9.76. The van der Waals surface area contributed by atoms with Crippen molar-refractivity contribution >= 4 is 27.5 Å². The molecule has 2 bridgehead atoms. The number of nitrogens with one attached hydrogen (secondary N) is 1. The van der Waals surface area contributed by atoms with Crippen LogP contribution in [0.3, 0.4) is 0 Å². The molecule has 0 aliphatic carbocycles. The number of anilines is 1. The van der Waals surface area contributed by atoms with Gasteiger partial charge in [0.05, 0.1) is 5.54 Å². The van der Waals surface area contributed by atoms with Crippen molar-refractivity contribution in [1.82, 2.24) is 20.2 Å². The summed E-state index contributed by atoms with van der Waals surface area (Å²) < 4.78 is 38.0. The number of piperazine rings is 1. The number of benzene rings is 3. The SMILES string of the molecule is Oc1cc(-c2ccc3c(N4CC5CCC(C4)N5)nc(OCC45CCCN4CCC5)nc3c2F)c2c(F)cccc2c1. The summed E-state index contributed by atoms with van der Waals surface area (Å²) in [5.74, 6) is -0.436. The molecule has 9 heteroatoms. The standard InChI is InChI=1S/C32H33F2N5O2/c33-26-5-1-4-19-14-22(40)15-25(27(19)26)23-8-9-24-29(28(23)34)36-31(41-18-32-10-2-12-39(32)13-3-11-32)37-30(24)38-16-20-6-7-21(17-38)35-20/h1,4-5,8-9,14-15,20-21,35,40H,2-3,6-7,10-13,16-18H2. The van der Waals surface area contributed by atoms with Crippen molar-refractivity contribution in [3.05, 3.63) is 54.1 Å². The van der Waals surface area contributed by atoms with Gasteiger partial charge >= 0.3 is 6.01 Å². The highest BCUT2D eigenvalue weighted by molar-refractivity contribution is 6.01. The zero-order valence-electron chi connectivity index (χ0n) is 22.9. The van der Waals surface area contributed by atoms with E-state index in [1.165, 1.54) is 18.2 Å². The maximum atomic E-state index is 16.6. The summed E-state index contributed by atoms with van der Waals surface area (Å²) in [5, 5.41) is 15.4. The predicted octanol–water partition coefficient (Wildman–Crippen LogP) is 5.38. The van der Waals surface area contributed by atoms with Crippen LogP contribution in [0.15, 0.2) is 42.5 Å². The lowest BCUT2D eigenvalue weighted by atomic mass is 9.95. The molecule has 1 aromatic heterocycles. The molecule has 4 aliphatic rings. The molecule has 4 aromatic rings. The molecule has 0 spiro atoms. The Labute approximate surface area is 237 Å². The summed E-state index contributed by atoms with van der Waals surface area (Å²) in [4.78, 5) is 14.3. The van der Waals surface area contributed by atoms with Crippen LogP contribution < -0.4 is 15.0 Å². The zero-order chi connectivity index (χ0) is 27.7. The third-order valence-electron chi connectivity index (χ3n) is 9.76. The fourth-order valence-corrected chi connectivity index (χ4v) is 7.85. The topological polar surface area (TPSA) is 73.8 Å². The van der Waals surface area contributed by atoms with Crippen molar-refractivity contribution in [3.63, 3.8) is 0 Å². The monoisotopic (exact) mass is 557 g/mol. The van der Waals surface area contributed by atoms with Crippen LogP contribution >= 0.6 is 0 Å². The maximum Gasteiger partial charge on any atom is 0.319 e. The number of phenols is 1. The molecule has 0 radical (unpaired) electrons. The Morgan fingerprint density at radius 2 is 1.76 bits per heavy atom. The molecule has 5 heterocycles. The number of fused-ring (bicyclic) bond motifs is 5. The van der Waals surface area contributed by atoms with Gasteiger partial charge in [-0.25, -0.2) is 8.78 Å². The van der Waals surface area contributed by atoms with Crippen LogP contribution in [0.4, 0.5) is 14.6 Å². The summed E-state index contributed by atoms with van der Waals surface area (Å²) in [7, 11) is 0. The van der Waals surface area contributed by atoms with E-state index in [4.69, 9.17) is 9.72 Å². The fourth-order valence-electron chi connectivity index (χ4n) is 7.85. The second-order valence-electron chi connectivity index (χ2n) is 12.2. The smallest absolute Gasteiger partial charge is 0.319 e. The Morgan fingerprint density at radius 1 is 0.976 bits per heavy atom. The first kappa shape index (κ1) is 25.2. The Kier molecular flexibility index (Phi) is 5.83. The molecule has 7 nitrogen and oxygen atoms in total. The second-order valence-corrected chi connectivity index (χ2v) is 12.2. The Balaban J connectivity index is 1.26. The van der Waals surface area contributed by atoms with E-state index in [0.717, 1.165) is 64.7 Å². The largest absolute Gasteiger partial charge is 0.508 e. The minimum atomic E-state index is -0.578. The lowest BCUT2D eigenvalue weighted by Crippen LogP contribution is -2.51. The van der Waals surface area contributed by atoms with E-state index in [1.54, 1.807) is 18.2 Å². The van der Waals surface area contributed by atoms with E-state index in [-0.39, 0.29) is 39.3 Å². The first-order valence-corrected chi connectivity index (χ1v) is 14.8. The highest BCUT2D eigenvalue weighted by atomic mass is 19.1. The van der Waals surface area contributed by atoms with Crippen LogP contribution in [0, 0.1) is 11.6 Å². The van der Waals surface area contributed by atoms with Crippen molar-refractivity contribution in [1.29, 1.82) is 0 Å². The van der Waals surface area contributed by atoms with E-state index in [2.05, 4.69) is 20.1 Å². The number of ether oxygens (including phenoxy) is 1. The average Bonchev–Trinajstić information content (AvgIpc) is 3.65. The molecule has 2 unspecified atom stereocenters. The van der Waals surface area contributed by atoms with Gasteiger partial charge in [0, 0.05) is 41.5 Å². The van der Waals surface area contributed by atoms with Gasteiger partial charge in [-0.1, -0.05) is 18.2 Å². The highest BCUT2D eigenvalue weighted by Gasteiger charge is 2.45. The number of phenolic OH excluding ortho intramolecular Hbond substituents is 1. The van der Waals surface area contributed by atoms with Crippen molar-refractivity contribution in [2.75, 3.05) is 37.7 Å². The first-order chi connectivity index (χ1) is 20.0.